The van der Waals surface area contributed by atoms with Crippen molar-refractivity contribution in [2.75, 3.05) is 32.1 Å². The molecule has 3 atom stereocenters. The highest BCUT2D eigenvalue weighted by Crippen LogP contribution is 2.18. The maximum absolute atomic E-state index is 12.9. The number of benzene rings is 1. The van der Waals surface area contributed by atoms with Gasteiger partial charge in [-0.05, 0) is 25.5 Å². The molecule has 1 aromatic carbocycles. The van der Waals surface area contributed by atoms with E-state index in [0.29, 0.717) is 44.8 Å². The molecule has 1 aliphatic heterocycles. The zero-order valence-corrected chi connectivity index (χ0v) is 19.6. The van der Waals surface area contributed by atoms with Crippen LogP contribution in [0.15, 0.2) is 36.5 Å². The van der Waals surface area contributed by atoms with Crippen LogP contribution in [0.4, 0.5) is 10.5 Å². The lowest BCUT2D eigenvalue weighted by Gasteiger charge is -2.35. The minimum atomic E-state index is -0.347. The summed E-state index contributed by atoms with van der Waals surface area (Å²) in [6, 6.07) is 8.72. The van der Waals surface area contributed by atoms with Gasteiger partial charge in [-0.15, -0.1) is 5.10 Å². The van der Waals surface area contributed by atoms with Crippen molar-refractivity contribution in [3.8, 4) is 0 Å². The zero-order valence-electron chi connectivity index (χ0n) is 19.6. The first kappa shape index (κ1) is 24.7. The quantitative estimate of drug-likeness (QED) is 0.708. The number of aryl methyl sites for hydroxylation is 1. The average Bonchev–Trinajstić information content (AvgIpc) is 3.26. The van der Waals surface area contributed by atoms with E-state index in [9.17, 15) is 14.7 Å². The van der Waals surface area contributed by atoms with Gasteiger partial charge in [0.25, 0.3) is 0 Å². The fourth-order valence-electron chi connectivity index (χ4n) is 3.84. The number of hydrogen-bond acceptors (Lipinski definition) is 6. The number of nitrogens with zero attached hydrogens (tertiary/aromatic N) is 5. The number of hydrogen-bond donors (Lipinski definition) is 2. The van der Waals surface area contributed by atoms with Gasteiger partial charge in [0.2, 0.25) is 5.91 Å². The minimum absolute atomic E-state index is 0.0143. The van der Waals surface area contributed by atoms with Crippen molar-refractivity contribution in [3.05, 3.63) is 42.2 Å². The summed E-state index contributed by atoms with van der Waals surface area (Å²) in [6.07, 6.45) is 2.31. The lowest BCUT2D eigenvalue weighted by Crippen LogP contribution is -2.48. The van der Waals surface area contributed by atoms with Gasteiger partial charge in [-0.3, -0.25) is 4.79 Å². The second kappa shape index (κ2) is 11.8. The number of para-hydroxylation sites is 1. The fraction of sp³-hybridized carbons (Fsp3) is 0.565. The normalized spacial score (nSPS) is 20.8. The van der Waals surface area contributed by atoms with E-state index in [4.69, 9.17) is 4.74 Å². The fourth-order valence-corrected chi connectivity index (χ4v) is 3.84. The Hall–Kier alpha value is -2.98. The maximum Gasteiger partial charge on any atom is 0.321 e. The van der Waals surface area contributed by atoms with Crippen molar-refractivity contribution in [3.63, 3.8) is 0 Å². The topological polar surface area (TPSA) is 113 Å². The molecule has 0 spiro atoms. The van der Waals surface area contributed by atoms with Crippen LogP contribution in [-0.2, 0) is 22.7 Å². The van der Waals surface area contributed by atoms with Crippen LogP contribution >= 0.6 is 0 Å². The number of carbonyl (C=O) groups is 2. The van der Waals surface area contributed by atoms with Crippen LogP contribution in [0.1, 0.15) is 32.4 Å². The molecule has 2 N–H and O–H groups in total. The molecule has 0 unspecified atom stereocenters. The second-order valence-corrected chi connectivity index (χ2v) is 8.63. The van der Waals surface area contributed by atoms with E-state index in [0.717, 1.165) is 5.69 Å². The highest BCUT2D eigenvalue weighted by atomic mass is 16.5. The number of likely N-dealkylation sites (N-methyl/N-ethyl adjacent to an activating group) is 1. The Morgan fingerprint density at radius 2 is 2.12 bits per heavy atom. The third-order valence-electron chi connectivity index (χ3n) is 5.97. The number of rotatable bonds is 5. The number of fused-ring (bicyclic) bond motifs is 1. The number of aliphatic hydroxyl groups excluding tert-OH is 1. The van der Waals surface area contributed by atoms with Gasteiger partial charge in [-0.2, -0.15) is 0 Å². The lowest BCUT2D eigenvalue weighted by atomic mass is 10.0. The summed E-state index contributed by atoms with van der Waals surface area (Å²) in [4.78, 5) is 29.0. The molecule has 180 valence electrons. The SMILES string of the molecule is C[C@H](CO)N1C[C@H](C)[C@@H](CN(C)C(=O)Nc2ccccc2)OCc2cnnn2CCCC1=O. The Morgan fingerprint density at radius 3 is 2.85 bits per heavy atom. The first-order valence-electron chi connectivity index (χ1n) is 11.4. The molecule has 3 amide bonds. The monoisotopic (exact) mass is 458 g/mol. The zero-order chi connectivity index (χ0) is 23.8. The molecule has 2 aromatic rings. The molecule has 10 heteroatoms. The number of nitrogens with one attached hydrogen (secondary N) is 1. The molecule has 33 heavy (non-hydrogen) atoms. The largest absolute Gasteiger partial charge is 0.394 e. The minimum Gasteiger partial charge on any atom is -0.394 e. The number of urea groups is 1. The standard InChI is InChI=1S/C23H34N6O4/c1-17-13-28(18(2)15-30)22(31)10-7-11-29-20(12-24-26-29)16-33-21(17)14-27(3)23(32)25-19-8-5-4-6-9-19/h4-6,8-9,12,17-18,21,30H,7,10-11,13-16H2,1-3H3,(H,25,32)/t17-,18+,21+/m0/s1. The Kier molecular flexibility index (Phi) is 8.79. The summed E-state index contributed by atoms with van der Waals surface area (Å²) < 4.78 is 8.01. The van der Waals surface area contributed by atoms with Crippen LogP contribution in [0, 0.1) is 5.92 Å². The van der Waals surface area contributed by atoms with Gasteiger partial charge < -0.3 is 25.0 Å². The van der Waals surface area contributed by atoms with Crippen LogP contribution in [0.3, 0.4) is 0 Å². The molecular weight excluding hydrogens is 424 g/mol. The Bertz CT molecular complexity index is 905. The van der Waals surface area contributed by atoms with Crippen LogP contribution in [-0.4, -0.2) is 80.7 Å². The summed E-state index contributed by atoms with van der Waals surface area (Å²) in [5, 5.41) is 20.7. The van der Waals surface area contributed by atoms with Gasteiger partial charge in [0, 0.05) is 44.7 Å². The molecule has 0 saturated carbocycles. The molecule has 0 fully saturated rings. The predicted octanol–water partition coefficient (Wildman–Crippen LogP) is 1.97. The molecule has 0 saturated heterocycles. The average molecular weight is 459 g/mol. The van der Waals surface area contributed by atoms with E-state index >= 15 is 0 Å². The van der Waals surface area contributed by atoms with Crippen LogP contribution in [0.25, 0.3) is 0 Å². The molecule has 10 nitrogen and oxygen atoms in total. The van der Waals surface area contributed by atoms with Crippen molar-refractivity contribution in [2.45, 2.75) is 52.0 Å². The lowest BCUT2D eigenvalue weighted by molar-refractivity contribution is -0.136. The number of aromatic nitrogens is 3. The summed E-state index contributed by atoms with van der Waals surface area (Å²) in [5.74, 6) is -0.0988. The van der Waals surface area contributed by atoms with Gasteiger partial charge in [0.15, 0.2) is 0 Å². The number of ether oxygens (including phenoxy) is 1. The number of aliphatic hydroxyl groups is 1. The molecule has 1 aromatic heterocycles. The molecule has 3 rings (SSSR count). The van der Waals surface area contributed by atoms with Gasteiger partial charge >= 0.3 is 6.03 Å². The van der Waals surface area contributed by atoms with Crippen molar-refractivity contribution in [1.82, 2.24) is 24.8 Å². The molecule has 0 bridgehead atoms. The van der Waals surface area contributed by atoms with Crippen molar-refractivity contribution in [1.29, 1.82) is 0 Å². The molecular formula is C23H34N6O4. The van der Waals surface area contributed by atoms with E-state index in [1.165, 1.54) is 0 Å². The molecule has 2 heterocycles. The smallest absolute Gasteiger partial charge is 0.321 e. The summed E-state index contributed by atoms with van der Waals surface area (Å²) in [5.41, 5.74) is 1.54. The number of anilines is 1. The Morgan fingerprint density at radius 1 is 1.36 bits per heavy atom. The predicted molar refractivity (Wildman–Crippen MR) is 123 cm³/mol. The number of amides is 3. The highest BCUT2D eigenvalue weighted by Gasteiger charge is 2.29. The van der Waals surface area contributed by atoms with Crippen LogP contribution < -0.4 is 5.32 Å². The maximum atomic E-state index is 12.9. The third-order valence-corrected chi connectivity index (χ3v) is 5.97. The van der Waals surface area contributed by atoms with E-state index in [1.54, 1.807) is 27.7 Å². The molecule has 0 radical (unpaired) electrons. The third kappa shape index (κ3) is 6.75. The Balaban J connectivity index is 1.76. The van der Waals surface area contributed by atoms with E-state index in [-0.39, 0.29) is 36.6 Å². The van der Waals surface area contributed by atoms with Crippen molar-refractivity contribution >= 4 is 17.6 Å². The van der Waals surface area contributed by atoms with E-state index in [2.05, 4.69) is 15.6 Å². The van der Waals surface area contributed by atoms with Gasteiger partial charge in [0.05, 0.1) is 37.3 Å². The summed E-state index contributed by atoms with van der Waals surface area (Å²) >= 11 is 0. The van der Waals surface area contributed by atoms with Gasteiger partial charge in [-0.1, -0.05) is 30.3 Å². The highest BCUT2D eigenvalue weighted by molar-refractivity contribution is 5.89. The molecule has 1 aliphatic rings. The summed E-state index contributed by atoms with van der Waals surface area (Å²) in [7, 11) is 1.72. The van der Waals surface area contributed by atoms with E-state index in [1.807, 2.05) is 44.2 Å². The summed E-state index contributed by atoms with van der Waals surface area (Å²) in [6.45, 7) is 5.34. The van der Waals surface area contributed by atoms with Crippen molar-refractivity contribution in [2.24, 2.45) is 5.92 Å². The Labute approximate surface area is 194 Å². The van der Waals surface area contributed by atoms with E-state index < -0.39 is 0 Å². The number of carbonyl (C=O) groups excluding carboxylic acids is 2. The van der Waals surface area contributed by atoms with Gasteiger partial charge in [0.1, 0.15) is 0 Å². The first-order chi connectivity index (χ1) is 15.9. The van der Waals surface area contributed by atoms with Crippen LogP contribution in [0.2, 0.25) is 0 Å². The molecule has 0 aliphatic carbocycles. The van der Waals surface area contributed by atoms with Gasteiger partial charge in [-0.25, -0.2) is 9.48 Å². The second-order valence-electron chi connectivity index (χ2n) is 8.63. The van der Waals surface area contributed by atoms with Crippen LogP contribution in [0.5, 0.6) is 0 Å². The first-order valence-corrected chi connectivity index (χ1v) is 11.4. The van der Waals surface area contributed by atoms with Crippen molar-refractivity contribution < 1.29 is 19.4 Å².